The predicted molar refractivity (Wildman–Crippen MR) is 52.5 cm³/mol. The second-order valence-corrected chi connectivity index (χ2v) is 3.51. The monoisotopic (exact) mass is 228 g/mol. The van der Waals surface area contributed by atoms with E-state index >= 15 is 0 Å². The minimum atomic E-state index is -1.08. The number of benzene rings is 1. The van der Waals surface area contributed by atoms with Crippen LogP contribution in [0, 0.1) is 5.82 Å². The van der Waals surface area contributed by atoms with E-state index in [0.717, 1.165) is 6.07 Å². The summed E-state index contributed by atoms with van der Waals surface area (Å²) in [5.74, 6) is -1.62. The lowest BCUT2D eigenvalue weighted by Crippen LogP contribution is -2.15. The lowest BCUT2D eigenvalue weighted by Gasteiger charge is -2.16. The molecule has 1 aromatic carbocycles. The van der Waals surface area contributed by atoms with E-state index in [0.29, 0.717) is 5.56 Å². The van der Waals surface area contributed by atoms with Crippen LogP contribution in [-0.2, 0) is 4.79 Å². The molecule has 2 rings (SSSR count). The summed E-state index contributed by atoms with van der Waals surface area (Å²) in [6, 6.07) is 2.59. The van der Waals surface area contributed by atoms with Crippen LogP contribution in [0.3, 0.4) is 0 Å². The van der Waals surface area contributed by atoms with Crippen LogP contribution in [0.15, 0.2) is 17.7 Å². The molecular formula is C10H6ClFO3. The zero-order valence-corrected chi connectivity index (χ0v) is 8.21. The van der Waals surface area contributed by atoms with Gasteiger partial charge in [0.05, 0.1) is 5.57 Å². The maximum Gasteiger partial charge on any atom is 0.335 e. The van der Waals surface area contributed by atoms with Crippen LogP contribution >= 0.6 is 11.6 Å². The minimum absolute atomic E-state index is 0.0457. The van der Waals surface area contributed by atoms with Crippen LogP contribution in [0.25, 0.3) is 6.08 Å². The van der Waals surface area contributed by atoms with Crippen molar-refractivity contribution >= 4 is 23.6 Å². The van der Waals surface area contributed by atoms with E-state index in [1.807, 2.05) is 0 Å². The summed E-state index contributed by atoms with van der Waals surface area (Å²) in [4.78, 5) is 10.7. The molecule has 0 spiro atoms. The lowest BCUT2D eigenvalue weighted by molar-refractivity contribution is -0.132. The summed E-state index contributed by atoms with van der Waals surface area (Å²) in [7, 11) is 0. The first kappa shape index (κ1) is 9.98. The summed E-state index contributed by atoms with van der Waals surface area (Å²) in [5, 5.41) is 8.93. The van der Waals surface area contributed by atoms with E-state index in [1.54, 1.807) is 0 Å². The van der Waals surface area contributed by atoms with Gasteiger partial charge in [-0.2, -0.15) is 0 Å². The first-order valence-electron chi connectivity index (χ1n) is 4.13. The quantitative estimate of drug-likeness (QED) is 0.803. The van der Waals surface area contributed by atoms with Gasteiger partial charge in [-0.25, -0.2) is 9.18 Å². The molecule has 0 saturated heterocycles. The van der Waals surface area contributed by atoms with Gasteiger partial charge in [0.15, 0.2) is 11.6 Å². The number of halogens is 2. The Labute approximate surface area is 89.7 Å². The summed E-state index contributed by atoms with van der Waals surface area (Å²) in [6.07, 6.45) is 1.36. The van der Waals surface area contributed by atoms with Gasteiger partial charge in [0.2, 0.25) is 0 Å². The fraction of sp³-hybridized carbons (Fsp3) is 0.100. The molecule has 3 nitrogen and oxygen atoms in total. The summed E-state index contributed by atoms with van der Waals surface area (Å²) < 4.78 is 18.3. The molecule has 0 fully saturated rings. The number of hydrogen-bond acceptors (Lipinski definition) is 2. The van der Waals surface area contributed by atoms with Crippen molar-refractivity contribution in [2.75, 3.05) is 6.61 Å². The van der Waals surface area contributed by atoms with E-state index in [-0.39, 0.29) is 23.0 Å². The van der Waals surface area contributed by atoms with E-state index in [1.165, 1.54) is 12.1 Å². The first-order valence-corrected chi connectivity index (χ1v) is 4.51. The molecule has 1 N–H and O–H groups in total. The lowest BCUT2D eigenvalue weighted by atomic mass is 10.1. The largest absolute Gasteiger partial charge is 0.485 e. The van der Waals surface area contributed by atoms with E-state index in [2.05, 4.69) is 0 Å². The highest BCUT2D eigenvalue weighted by Gasteiger charge is 2.19. The molecule has 1 aliphatic heterocycles. The highest BCUT2D eigenvalue weighted by atomic mass is 35.5. The van der Waals surface area contributed by atoms with Crippen molar-refractivity contribution in [3.05, 3.63) is 34.1 Å². The van der Waals surface area contributed by atoms with Crippen LogP contribution in [0.1, 0.15) is 5.56 Å². The first-order chi connectivity index (χ1) is 7.08. The highest BCUT2D eigenvalue weighted by molar-refractivity contribution is 6.30. The van der Waals surface area contributed by atoms with Crippen molar-refractivity contribution in [1.82, 2.24) is 0 Å². The normalized spacial score (nSPS) is 13.9. The Kier molecular flexibility index (Phi) is 2.36. The number of ether oxygens (including phenoxy) is 1. The van der Waals surface area contributed by atoms with Gasteiger partial charge < -0.3 is 9.84 Å². The summed E-state index contributed by atoms with van der Waals surface area (Å²) in [5.41, 5.74) is 0.424. The SMILES string of the molecule is O=C(O)C1=Cc2cc(Cl)cc(F)c2OC1. The second kappa shape index (κ2) is 3.55. The Morgan fingerprint density at radius 2 is 2.27 bits per heavy atom. The number of rotatable bonds is 1. The van der Waals surface area contributed by atoms with E-state index in [9.17, 15) is 9.18 Å². The van der Waals surface area contributed by atoms with Crippen molar-refractivity contribution in [2.24, 2.45) is 0 Å². The maximum atomic E-state index is 13.3. The molecule has 0 aliphatic carbocycles. The highest BCUT2D eigenvalue weighted by Crippen LogP contribution is 2.32. The molecule has 5 heteroatoms. The molecular weight excluding hydrogens is 223 g/mol. The number of carboxylic acid groups (broad SMARTS) is 1. The molecule has 0 unspecified atom stereocenters. The average Bonchev–Trinajstić information content (AvgIpc) is 2.16. The number of hydrogen-bond donors (Lipinski definition) is 1. The third kappa shape index (κ3) is 1.80. The number of carbonyl (C=O) groups is 1. The molecule has 15 heavy (non-hydrogen) atoms. The molecule has 1 heterocycles. The molecule has 0 saturated carbocycles. The number of carboxylic acids is 1. The van der Waals surface area contributed by atoms with E-state index in [4.69, 9.17) is 21.4 Å². The average molecular weight is 229 g/mol. The Hall–Kier alpha value is -1.55. The molecule has 0 aromatic heterocycles. The number of aliphatic carboxylic acids is 1. The number of fused-ring (bicyclic) bond motifs is 1. The third-order valence-corrected chi connectivity index (χ3v) is 2.23. The maximum absolute atomic E-state index is 13.3. The molecule has 78 valence electrons. The van der Waals surface area contributed by atoms with Crippen molar-refractivity contribution in [3.63, 3.8) is 0 Å². The second-order valence-electron chi connectivity index (χ2n) is 3.07. The van der Waals surface area contributed by atoms with Gasteiger partial charge in [-0.05, 0) is 18.2 Å². The van der Waals surface area contributed by atoms with Crippen LogP contribution in [0.5, 0.6) is 5.75 Å². The zero-order chi connectivity index (χ0) is 11.0. The molecule has 0 radical (unpaired) electrons. The van der Waals surface area contributed by atoms with Crippen LogP contribution in [0.2, 0.25) is 5.02 Å². The van der Waals surface area contributed by atoms with Gasteiger partial charge in [0.1, 0.15) is 6.61 Å². The molecule has 1 aliphatic rings. The fourth-order valence-corrected chi connectivity index (χ4v) is 1.56. The van der Waals surface area contributed by atoms with Gasteiger partial charge in [-0.3, -0.25) is 0 Å². The topological polar surface area (TPSA) is 46.5 Å². The van der Waals surface area contributed by atoms with Crippen LogP contribution in [-0.4, -0.2) is 17.7 Å². The molecule has 1 aromatic rings. The molecule has 0 atom stereocenters. The Morgan fingerprint density at radius 1 is 1.53 bits per heavy atom. The van der Waals surface area contributed by atoms with Crippen molar-refractivity contribution < 1.29 is 19.0 Å². The molecule has 0 amide bonds. The Morgan fingerprint density at radius 3 is 2.93 bits per heavy atom. The van der Waals surface area contributed by atoms with Gasteiger partial charge in [0.25, 0.3) is 0 Å². The van der Waals surface area contributed by atoms with Crippen molar-refractivity contribution in [3.8, 4) is 5.75 Å². The zero-order valence-electron chi connectivity index (χ0n) is 7.46. The Balaban J connectivity index is 2.54. The van der Waals surface area contributed by atoms with Crippen LogP contribution in [0.4, 0.5) is 4.39 Å². The van der Waals surface area contributed by atoms with Gasteiger partial charge >= 0.3 is 5.97 Å². The van der Waals surface area contributed by atoms with Gasteiger partial charge in [-0.1, -0.05) is 11.6 Å². The smallest absolute Gasteiger partial charge is 0.335 e. The summed E-state index contributed by atoms with van der Waals surface area (Å²) in [6.45, 7) is -0.138. The third-order valence-electron chi connectivity index (χ3n) is 2.01. The van der Waals surface area contributed by atoms with Crippen molar-refractivity contribution in [2.45, 2.75) is 0 Å². The van der Waals surface area contributed by atoms with Crippen LogP contribution < -0.4 is 4.74 Å². The fourth-order valence-electron chi connectivity index (χ4n) is 1.34. The summed E-state index contributed by atoms with van der Waals surface area (Å²) >= 11 is 5.64. The predicted octanol–water partition coefficient (Wildman–Crippen LogP) is 2.34. The standard InChI is InChI=1S/C10H6ClFO3/c11-7-2-5-1-6(10(13)14)4-15-9(5)8(12)3-7/h1-3H,4H2,(H,13,14). The van der Waals surface area contributed by atoms with Gasteiger partial charge in [-0.15, -0.1) is 0 Å². The van der Waals surface area contributed by atoms with E-state index < -0.39 is 11.8 Å². The van der Waals surface area contributed by atoms with Crippen molar-refractivity contribution in [1.29, 1.82) is 0 Å². The minimum Gasteiger partial charge on any atom is -0.485 e. The van der Waals surface area contributed by atoms with Gasteiger partial charge in [0, 0.05) is 10.6 Å². The molecule has 0 bridgehead atoms. The Bertz CT molecular complexity index is 468.